The normalized spacial score (nSPS) is 11.1. The van der Waals surface area contributed by atoms with E-state index in [4.69, 9.17) is 0 Å². The molecule has 0 saturated carbocycles. The van der Waals surface area contributed by atoms with Crippen molar-refractivity contribution in [1.82, 2.24) is 14.5 Å². The molecule has 1 aromatic carbocycles. The molecule has 0 spiro atoms. The largest absolute Gasteiger partial charge is 0.360 e. The van der Waals surface area contributed by atoms with Gasteiger partial charge in [0.05, 0.1) is 9.99 Å². The van der Waals surface area contributed by atoms with E-state index in [2.05, 4.69) is 35.4 Å². The number of rotatable bonds is 5. The van der Waals surface area contributed by atoms with Gasteiger partial charge in [0.2, 0.25) is 0 Å². The minimum absolute atomic E-state index is 0.291. The van der Waals surface area contributed by atoms with E-state index in [1.165, 1.54) is 6.07 Å². The van der Waals surface area contributed by atoms with E-state index in [9.17, 15) is 4.39 Å². The summed E-state index contributed by atoms with van der Waals surface area (Å²) in [6.45, 7) is 3.79. The van der Waals surface area contributed by atoms with Crippen LogP contribution in [0.15, 0.2) is 41.1 Å². The number of fused-ring (bicyclic) bond motifs is 1. The minimum atomic E-state index is -0.291. The number of aromatic nitrogens is 3. The summed E-state index contributed by atoms with van der Waals surface area (Å²) in [5.74, 6) is 1.58. The molecule has 0 aliphatic heterocycles. The molecular weight excluding hydrogens is 359 g/mol. The Morgan fingerprint density at radius 2 is 2.13 bits per heavy atom. The molecule has 4 nitrogen and oxygen atoms in total. The van der Waals surface area contributed by atoms with Crippen molar-refractivity contribution in [2.75, 3.05) is 18.5 Å². The monoisotopic (exact) mass is 376 g/mol. The quantitative estimate of drug-likeness (QED) is 0.669. The zero-order chi connectivity index (χ0) is 16.4. The van der Waals surface area contributed by atoms with Gasteiger partial charge in [0.15, 0.2) is 0 Å². The number of nitrogens with zero attached hydrogens (tertiary/aromatic N) is 4. The highest BCUT2D eigenvalue weighted by atomic mass is 79.9. The van der Waals surface area contributed by atoms with Crippen LogP contribution < -0.4 is 4.90 Å². The Morgan fingerprint density at radius 3 is 2.87 bits per heavy atom. The molecule has 0 aliphatic rings. The standard InChI is InChI=1S/C17H18BrFN4/c1-12-20-6-9-23(12)8-3-7-22(2)17-5-4-13-10-14(18)15(19)11-16(13)21-17/h4-6,9-11H,3,7-8H2,1-2H3. The van der Waals surface area contributed by atoms with E-state index < -0.39 is 0 Å². The number of halogens is 2. The van der Waals surface area contributed by atoms with Gasteiger partial charge in [-0.1, -0.05) is 0 Å². The Balaban J connectivity index is 1.69. The van der Waals surface area contributed by atoms with Gasteiger partial charge in [-0.2, -0.15) is 0 Å². The van der Waals surface area contributed by atoms with Crippen molar-refractivity contribution in [2.45, 2.75) is 19.9 Å². The van der Waals surface area contributed by atoms with Crippen LogP contribution in [0.1, 0.15) is 12.2 Å². The lowest BCUT2D eigenvalue weighted by Crippen LogP contribution is -2.21. The third kappa shape index (κ3) is 3.52. The van der Waals surface area contributed by atoms with Crippen molar-refractivity contribution in [1.29, 1.82) is 0 Å². The second-order valence-electron chi connectivity index (χ2n) is 5.57. The molecule has 0 atom stereocenters. The molecule has 6 heteroatoms. The van der Waals surface area contributed by atoms with Crippen molar-refractivity contribution in [3.8, 4) is 0 Å². The van der Waals surface area contributed by atoms with Crippen molar-refractivity contribution < 1.29 is 4.39 Å². The summed E-state index contributed by atoms with van der Waals surface area (Å²) < 4.78 is 16.3. The molecule has 2 heterocycles. The molecule has 0 N–H and O–H groups in total. The Kier molecular flexibility index (Phi) is 4.61. The van der Waals surface area contributed by atoms with E-state index >= 15 is 0 Å². The summed E-state index contributed by atoms with van der Waals surface area (Å²) in [7, 11) is 2.00. The molecule has 0 radical (unpaired) electrons. The van der Waals surface area contributed by atoms with Gasteiger partial charge >= 0.3 is 0 Å². The number of anilines is 1. The van der Waals surface area contributed by atoms with Crippen LogP contribution in [0.3, 0.4) is 0 Å². The Hall–Kier alpha value is -1.95. The summed E-state index contributed by atoms with van der Waals surface area (Å²) >= 11 is 3.20. The second-order valence-corrected chi connectivity index (χ2v) is 6.43. The van der Waals surface area contributed by atoms with Crippen molar-refractivity contribution >= 4 is 32.7 Å². The molecule has 2 aromatic heterocycles. The average molecular weight is 377 g/mol. The lowest BCUT2D eigenvalue weighted by molar-refractivity contribution is 0.620. The lowest BCUT2D eigenvalue weighted by Gasteiger charge is -2.19. The van der Waals surface area contributed by atoms with Gasteiger partial charge in [-0.15, -0.1) is 0 Å². The zero-order valence-electron chi connectivity index (χ0n) is 13.1. The van der Waals surface area contributed by atoms with Crippen LogP contribution in [-0.4, -0.2) is 28.1 Å². The SMILES string of the molecule is Cc1nccn1CCCN(C)c1ccc2cc(Br)c(F)cc2n1. The number of aryl methyl sites for hydroxylation is 2. The molecule has 0 fully saturated rings. The Bertz CT molecular complexity index is 831. The third-order valence-corrected chi connectivity index (χ3v) is 4.53. The predicted octanol–water partition coefficient (Wildman–Crippen LogP) is 4.17. The molecule has 0 amide bonds. The zero-order valence-corrected chi connectivity index (χ0v) is 14.7. The number of pyridine rings is 1. The van der Waals surface area contributed by atoms with E-state index in [1.807, 2.05) is 38.5 Å². The fraction of sp³-hybridized carbons (Fsp3) is 0.294. The number of hydrogen-bond donors (Lipinski definition) is 0. The smallest absolute Gasteiger partial charge is 0.139 e. The lowest BCUT2D eigenvalue weighted by atomic mass is 10.2. The van der Waals surface area contributed by atoms with Gasteiger partial charge in [-0.05, 0) is 47.5 Å². The molecule has 0 bridgehead atoms. The van der Waals surface area contributed by atoms with Gasteiger partial charge in [0, 0.05) is 44.0 Å². The van der Waals surface area contributed by atoms with Crippen LogP contribution >= 0.6 is 15.9 Å². The maximum Gasteiger partial charge on any atom is 0.139 e. The molecule has 0 saturated heterocycles. The number of hydrogen-bond acceptors (Lipinski definition) is 3. The molecular formula is C17H18BrFN4. The number of imidazole rings is 1. The first-order valence-electron chi connectivity index (χ1n) is 7.49. The highest BCUT2D eigenvalue weighted by Crippen LogP contribution is 2.24. The summed E-state index contributed by atoms with van der Waals surface area (Å²) in [5, 5.41) is 0.921. The molecule has 120 valence electrons. The summed E-state index contributed by atoms with van der Waals surface area (Å²) in [6.07, 6.45) is 4.79. The van der Waals surface area contributed by atoms with Gasteiger partial charge in [-0.3, -0.25) is 0 Å². The van der Waals surface area contributed by atoms with Crippen molar-refractivity contribution in [2.24, 2.45) is 0 Å². The van der Waals surface area contributed by atoms with Gasteiger partial charge in [0.1, 0.15) is 17.5 Å². The first-order valence-corrected chi connectivity index (χ1v) is 8.28. The van der Waals surface area contributed by atoms with E-state index in [1.54, 1.807) is 6.07 Å². The van der Waals surface area contributed by atoms with Crippen LogP contribution in [0, 0.1) is 12.7 Å². The summed E-state index contributed by atoms with van der Waals surface area (Å²) in [4.78, 5) is 10.9. The van der Waals surface area contributed by atoms with Gasteiger partial charge < -0.3 is 9.47 Å². The average Bonchev–Trinajstić information content (AvgIpc) is 2.93. The maximum atomic E-state index is 13.7. The van der Waals surface area contributed by atoms with Crippen molar-refractivity contribution in [3.05, 3.63) is 52.8 Å². The van der Waals surface area contributed by atoms with Crippen LogP contribution in [0.2, 0.25) is 0 Å². The van der Waals surface area contributed by atoms with Gasteiger partial charge in [-0.25, -0.2) is 14.4 Å². The van der Waals surface area contributed by atoms with Crippen LogP contribution in [0.4, 0.5) is 10.2 Å². The molecule has 0 aliphatic carbocycles. The molecule has 23 heavy (non-hydrogen) atoms. The molecule has 3 rings (SSSR count). The topological polar surface area (TPSA) is 34.0 Å². The van der Waals surface area contributed by atoms with Crippen LogP contribution in [0.25, 0.3) is 10.9 Å². The summed E-state index contributed by atoms with van der Waals surface area (Å²) in [5.41, 5.74) is 0.667. The fourth-order valence-electron chi connectivity index (χ4n) is 2.55. The van der Waals surface area contributed by atoms with E-state index in [0.717, 1.165) is 36.5 Å². The first-order chi connectivity index (χ1) is 11.0. The maximum absolute atomic E-state index is 13.7. The Labute approximate surface area is 143 Å². The molecule has 0 unspecified atom stereocenters. The fourth-order valence-corrected chi connectivity index (χ4v) is 2.91. The first kappa shape index (κ1) is 15.9. The number of benzene rings is 1. The highest BCUT2D eigenvalue weighted by molar-refractivity contribution is 9.10. The second kappa shape index (κ2) is 6.66. The van der Waals surface area contributed by atoms with E-state index in [-0.39, 0.29) is 5.82 Å². The Morgan fingerprint density at radius 1 is 1.30 bits per heavy atom. The van der Waals surface area contributed by atoms with Crippen LogP contribution in [0.5, 0.6) is 0 Å². The predicted molar refractivity (Wildman–Crippen MR) is 94.3 cm³/mol. The van der Waals surface area contributed by atoms with E-state index in [0.29, 0.717) is 9.99 Å². The van der Waals surface area contributed by atoms with Crippen molar-refractivity contribution in [3.63, 3.8) is 0 Å². The highest BCUT2D eigenvalue weighted by Gasteiger charge is 2.07. The van der Waals surface area contributed by atoms with Crippen LogP contribution in [-0.2, 0) is 6.54 Å². The molecule has 3 aromatic rings. The third-order valence-electron chi connectivity index (χ3n) is 3.92. The summed E-state index contributed by atoms with van der Waals surface area (Å²) in [6, 6.07) is 7.16. The minimum Gasteiger partial charge on any atom is -0.360 e. The van der Waals surface area contributed by atoms with Gasteiger partial charge in [0.25, 0.3) is 0 Å².